The Morgan fingerprint density at radius 3 is 2.40 bits per heavy atom. The molecular formula is C25H26N4O5S. The lowest BCUT2D eigenvalue weighted by Gasteiger charge is -2.35. The van der Waals surface area contributed by atoms with Gasteiger partial charge in [-0.15, -0.1) is 0 Å². The summed E-state index contributed by atoms with van der Waals surface area (Å²) in [6.45, 7) is 0.780. The maximum atomic E-state index is 13.1. The molecule has 1 N–H and O–H groups in total. The second kappa shape index (κ2) is 8.64. The number of sulfone groups is 1. The van der Waals surface area contributed by atoms with Crippen LogP contribution in [0.5, 0.6) is 0 Å². The number of hydrogen-bond acceptors (Lipinski definition) is 6. The molecule has 2 aromatic rings. The molecule has 5 rings (SSSR count). The number of pyridine rings is 1. The van der Waals surface area contributed by atoms with Gasteiger partial charge in [-0.05, 0) is 55.5 Å². The van der Waals surface area contributed by atoms with Crippen molar-refractivity contribution in [2.75, 3.05) is 13.1 Å². The number of amides is 2. The summed E-state index contributed by atoms with van der Waals surface area (Å²) in [5.74, 6) is -0.930. The van der Waals surface area contributed by atoms with Crippen molar-refractivity contribution in [2.24, 2.45) is 0 Å². The second-order valence-corrected chi connectivity index (χ2v) is 12.2. The van der Waals surface area contributed by atoms with Crippen LogP contribution in [0.4, 0.5) is 0 Å². The van der Waals surface area contributed by atoms with Crippen LogP contribution >= 0.6 is 0 Å². The van der Waals surface area contributed by atoms with Crippen molar-refractivity contribution in [3.8, 4) is 6.07 Å². The molecule has 0 radical (unpaired) electrons. The van der Waals surface area contributed by atoms with E-state index in [1.54, 1.807) is 29.2 Å². The van der Waals surface area contributed by atoms with Gasteiger partial charge in [-0.1, -0.05) is 18.6 Å². The molecule has 2 amide bonds. The summed E-state index contributed by atoms with van der Waals surface area (Å²) in [4.78, 5) is 40.3. The lowest BCUT2D eigenvalue weighted by Crippen LogP contribution is -2.51. The van der Waals surface area contributed by atoms with Crippen LogP contribution in [0.15, 0.2) is 41.2 Å². The molecule has 1 aromatic carbocycles. The lowest BCUT2D eigenvalue weighted by atomic mass is 10.00. The van der Waals surface area contributed by atoms with Crippen LogP contribution in [0.1, 0.15) is 64.1 Å². The van der Waals surface area contributed by atoms with Crippen LogP contribution in [-0.4, -0.2) is 52.8 Å². The molecular weight excluding hydrogens is 468 g/mol. The second-order valence-electron chi connectivity index (χ2n) is 9.59. The summed E-state index contributed by atoms with van der Waals surface area (Å²) in [6.07, 6.45) is 3.47. The number of hydrogen-bond donors (Lipinski definition) is 1. The maximum absolute atomic E-state index is 13.1. The van der Waals surface area contributed by atoms with Crippen LogP contribution < -0.4 is 10.9 Å². The summed E-state index contributed by atoms with van der Waals surface area (Å²) in [5.41, 5.74) is 0.861. The normalized spacial score (nSPS) is 18.8. The van der Waals surface area contributed by atoms with Crippen molar-refractivity contribution in [3.63, 3.8) is 0 Å². The Kier molecular flexibility index (Phi) is 5.75. The molecule has 0 bridgehead atoms. The third kappa shape index (κ3) is 4.04. The highest BCUT2D eigenvalue weighted by Gasteiger charge is 2.59. The Morgan fingerprint density at radius 1 is 1.09 bits per heavy atom. The predicted octanol–water partition coefficient (Wildman–Crippen LogP) is 1.61. The molecule has 0 unspecified atom stereocenters. The van der Waals surface area contributed by atoms with Crippen LogP contribution in [0, 0.1) is 11.3 Å². The fourth-order valence-corrected chi connectivity index (χ4v) is 7.49. The number of benzene rings is 1. The van der Waals surface area contributed by atoms with E-state index in [4.69, 9.17) is 5.26 Å². The largest absolute Gasteiger partial charge is 0.348 e. The summed E-state index contributed by atoms with van der Waals surface area (Å²) >= 11 is 0. The fraction of sp³-hybridized carbons (Fsp3) is 0.440. The highest BCUT2D eigenvalue weighted by Crippen LogP contribution is 2.49. The van der Waals surface area contributed by atoms with E-state index >= 15 is 0 Å². The minimum absolute atomic E-state index is 0.0603. The van der Waals surface area contributed by atoms with Gasteiger partial charge in [0.05, 0.1) is 21.6 Å². The quantitative estimate of drug-likeness (QED) is 0.623. The van der Waals surface area contributed by atoms with E-state index in [0.29, 0.717) is 31.2 Å². The number of nitriles is 1. The van der Waals surface area contributed by atoms with E-state index < -0.39 is 26.1 Å². The van der Waals surface area contributed by atoms with E-state index in [9.17, 15) is 22.8 Å². The van der Waals surface area contributed by atoms with Crippen LogP contribution in [0.25, 0.3) is 0 Å². The smallest absolute Gasteiger partial charge is 0.270 e. The minimum atomic E-state index is -3.28. The van der Waals surface area contributed by atoms with E-state index in [1.807, 2.05) is 6.07 Å². The summed E-state index contributed by atoms with van der Waals surface area (Å²) in [6, 6.07) is 11.6. The van der Waals surface area contributed by atoms with Gasteiger partial charge in [0, 0.05) is 26.2 Å². The van der Waals surface area contributed by atoms with Gasteiger partial charge in [-0.25, -0.2) is 8.42 Å². The van der Waals surface area contributed by atoms with Crippen molar-refractivity contribution in [3.05, 3.63) is 69.1 Å². The zero-order valence-corrected chi connectivity index (χ0v) is 20.0. The third-order valence-electron chi connectivity index (χ3n) is 7.44. The van der Waals surface area contributed by atoms with Gasteiger partial charge in [-0.2, -0.15) is 5.26 Å². The number of fused-ring (bicyclic) bond motifs is 1. The van der Waals surface area contributed by atoms with Crippen molar-refractivity contribution in [1.29, 1.82) is 5.26 Å². The number of nitrogens with zero attached hydrogens (tertiary/aromatic N) is 3. The molecule has 2 aliphatic carbocycles. The summed E-state index contributed by atoms with van der Waals surface area (Å²) in [7, 11) is -3.28. The highest BCUT2D eigenvalue weighted by atomic mass is 32.2. The molecule has 2 saturated carbocycles. The van der Waals surface area contributed by atoms with Crippen LogP contribution in [0.2, 0.25) is 0 Å². The highest BCUT2D eigenvalue weighted by molar-refractivity contribution is 7.93. The van der Waals surface area contributed by atoms with Gasteiger partial charge in [-0.3, -0.25) is 14.4 Å². The van der Waals surface area contributed by atoms with Crippen molar-refractivity contribution < 1.29 is 18.0 Å². The molecule has 182 valence electrons. The zero-order chi connectivity index (χ0) is 24.8. The molecule has 35 heavy (non-hydrogen) atoms. The average Bonchev–Trinajstić information content (AvgIpc) is 3.60. The first kappa shape index (κ1) is 23.3. The molecule has 1 aliphatic heterocycles. The van der Waals surface area contributed by atoms with Crippen LogP contribution in [0.3, 0.4) is 0 Å². The standard InChI is InChI=1S/C25H26N4O5S/c26-14-17-4-6-18(7-5-17)15-27-22(30)20-8-9-21-24(32)28(12-13-29(21)23(20)31)16-25(10-11-25)35(33,34)19-2-1-3-19/h4-9,19H,1-3,10-13,15-16H2,(H,27,30). The van der Waals surface area contributed by atoms with Crippen molar-refractivity contribution >= 4 is 21.7 Å². The molecule has 3 aliphatic rings. The van der Waals surface area contributed by atoms with Gasteiger partial charge in [0.15, 0.2) is 9.84 Å². The topological polar surface area (TPSA) is 129 Å². The van der Waals surface area contributed by atoms with E-state index in [-0.39, 0.29) is 48.6 Å². The number of nitrogens with one attached hydrogen (secondary N) is 1. The summed E-state index contributed by atoms with van der Waals surface area (Å²) in [5, 5.41) is 11.3. The SMILES string of the molecule is N#Cc1ccc(CNC(=O)c2ccc3n(c2=O)CCN(CC2(S(=O)(=O)C4CCC4)CC2)C3=O)cc1. The van der Waals surface area contributed by atoms with E-state index in [1.165, 1.54) is 16.7 Å². The Hall–Kier alpha value is -3.45. The van der Waals surface area contributed by atoms with Crippen molar-refractivity contribution in [1.82, 2.24) is 14.8 Å². The number of carbonyl (C=O) groups excluding carboxylic acids is 2. The molecule has 2 fully saturated rings. The first-order valence-electron chi connectivity index (χ1n) is 11.8. The van der Waals surface area contributed by atoms with Crippen molar-refractivity contribution in [2.45, 2.75) is 55.2 Å². The lowest BCUT2D eigenvalue weighted by molar-refractivity contribution is 0.0694. The molecule has 9 nitrogen and oxygen atoms in total. The van der Waals surface area contributed by atoms with Gasteiger partial charge < -0.3 is 14.8 Å². The number of carbonyl (C=O) groups is 2. The van der Waals surface area contributed by atoms with E-state index in [2.05, 4.69) is 5.32 Å². The van der Waals surface area contributed by atoms with Gasteiger partial charge in [0.25, 0.3) is 17.4 Å². The first-order chi connectivity index (χ1) is 16.8. The molecule has 10 heteroatoms. The number of aromatic nitrogens is 1. The average molecular weight is 495 g/mol. The van der Waals surface area contributed by atoms with Gasteiger partial charge >= 0.3 is 0 Å². The van der Waals surface area contributed by atoms with E-state index in [0.717, 1.165) is 12.0 Å². The Morgan fingerprint density at radius 2 is 1.80 bits per heavy atom. The predicted molar refractivity (Wildman–Crippen MR) is 127 cm³/mol. The molecule has 0 atom stereocenters. The Labute approximate surface area is 203 Å². The maximum Gasteiger partial charge on any atom is 0.270 e. The summed E-state index contributed by atoms with van der Waals surface area (Å²) < 4.78 is 26.5. The van der Waals surface area contributed by atoms with Gasteiger partial charge in [0.2, 0.25) is 0 Å². The minimum Gasteiger partial charge on any atom is -0.348 e. The zero-order valence-electron chi connectivity index (χ0n) is 19.2. The Balaban J connectivity index is 1.29. The van der Waals surface area contributed by atoms with Crippen LogP contribution in [-0.2, 0) is 22.9 Å². The molecule has 0 spiro atoms. The van der Waals surface area contributed by atoms with Gasteiger partial charge in [0.1, 0.15) is 11.3 Å². The molecule has 2 heterocycles. The Bertz CT molecular complexity index is 1400. The first-order valence-corrected chi connectivity index (χ1v) is 13.3. The number of rotatable bonds is 7. The molecule has 0 saturated heterocycles. The molecule has 1 aromatic heterocycles. The monoisotopic (exact) mass is 494 g/mol. The fourth-order valence-electron chi connectivity index (χ4n) is 4.82. The third-order valence-corrected chi connectivity index (χ3v) is 10.5.